The van der Waals surface area contributed by atoms with Gasteiger partial charge in [0.2, 0.25) is 0 Å². The van der Waals surface area contributed by atoms with E-state index in [9.17, 15) is 15.0 Å². The van der Waals surface area contributed by atoms with Gasteiger partial charge in [0.25, 0.3) is 0 Å². The van der Waals surface area contributed by atoms with Crippen LogP contribution in [0.5, 0.6) is 0 Å². The van der Waals surface area contributed by atoms with Gasteiger partial charge < -0.3 is 19.7 Å². The number of aliphatic hydroxyl groups is 2. The van der Waals surface area contributed by atoms with E-state index in [1.165, 1.54) is 19.3 Å². The van der Waals surface area contributed by atoms with Gasteiger partial charge in [0.15, 0.2) is 6.29 Å². The molecule has 5 rings (SSSR count). The zero-order chi connectivity index (χ0) is 22.7. The molecule has 0 radical (unpaired) electrons. The average molecular weight is 445 g/mol. The molecule has 0 aromatic heterocycles. The third kappa shape index (κ3) is 3.55. The number of fused-ring (bicyclic) bond motifs is 5. The van der Waals surface area contributed by atoms with Crippen molar-refractivity contribution in [1.29, 1.82) is 0 Å². The standard InChI is InChI=1S/C27H40O5/c1-16(29)20-6-7-21-19-5-4-17-14-18(31-25-9-8-23(30)24(15-28)32-25)10-12-26(17,2)22(19)11-13-27(20,21)3/h4,8-9,18-25,28,30H,5-7,10-15H2,1-3H3/t18-,19?,20+,21?,22?,23-,24+,25?,26-,27+/m0/s1. The second kappa shape index (κ2) is 8.33. The lowest BCUT2D eigenvalue weighted by molar-refractivity contribution is -0.203. The van der Waals surface area contributed by atoms with Gasteiger partial charge >= 0.3 is 0 Å². The van der Waals surface area contributed by atoms with Crippen molar-refractivity contribution in [3.05, 3.63) is 23.8 Å². The summed E-state index contributed by atoms with van der Waals surface area (Å²) < 4.78 is 12.0. The lowest BCUT2D eigenvalue weighted by atomic mass is 9.47. The van der Waals surface area contributed by atoms with Gasteiger partial charge in [0.05, 0.1) is 12.7 Å². The maximum absolute atomic E-state index is 12.3. The van der Waals surface area contributed by atoms with E-state index in [0.717, 1.165) is 32.1 Å². The first-order chi connectivity index (χ1) is 15.3. The van der Waals surface area contributed by atoms with E-state index < -0.39 is 18.5 Å². The number of ketones is 1. The molecule has 0 aromatic carbocycles. The Balaban J connectivity index is 1.29. The molecule has 0 aromatic rings. The molecule has 1 heterocycles. The Hall–Kier alpha value is -1.01. The van der Waals surface area contributed by atoms with Gasteiger partial charge in [-0.3, -0.25) is 4.79 Å². The van der Waals surface area contributed by atoms with Crippen molar-refractivity contribution in [3.8, 4) is 0 Å². The van der Waals surface area contributed by atoms with Crippen LogP contribution in [-0.4, -0.2) is 47.2 Å². The second-order valence-electron chi connectivity index (χ2n) is 11.6. The van der Waals surface area contributed by atoms with Gasteiger partial charge in [-0.25, -0.2) is 0 Å². The van der Waals surface area contributed by atoms with E-state index >= 15 is 0 Å². The van der Waals surface area contributed by atoms with E-state index in [0.29, 0.717) is 23.5 Å². The summed E-state index contributed by atoms with van der Waals surface area (Å²) in [6, 6.07) is 0. The maximum atomic E-state index is 12.3. The van der Waals surface area contributed by atoms with Gasteiger partial charge in [-0.2, -0.15) is 0 Å². The van der Waals surface area contributed by atoms with Gasteiger partial charge in [-0.05, 0) is 93.0 Å². The zero-order valence-corrected chi connectivity index (χ0v) is 19.8. The molecule has 0 bridgehead atoms. The van der Waals surface area contributed by atoms with Gasteiger partial charge in [0, 0.05) is 5.92 Å². The first-order valence-corrected chi connectivity index (χ1v) is 12.7. The summed E-state index contributed by atoms with van der Waals surface area (Å²) in [6.07, 6.45) is 13.1. The van der Waals surface area contributed by atoms with Crippen LogP contribution in [-0.2, 0) is 14.3 Å². The summed E-state index contributed by atoms with van der Waals surface area (Å²) in [7, 11) is 0. The Labute approximate surface area is 192 Å². The minimum atomic E-state index is -0.775. The number of carbonyl (C=O) groups excluding carboxylic acids is 1. The van der Waals surface area contributed by atoms with Gasteiger partial charge in [0.1, 0.15) is 18.0 Å². The monoisotopic (exact) mass is 444 g/mol. The van der Waals surface area contributed by atoms with E-state index in [4.69, 9.17) is 9.47 Å². The number of ether oxygens (including phenoxy) is 2. The summed E-state index contributed by atoms with van der Waals surface area (Å²) >= 11 is 0. The highest BCUT2D eigenvalue weighted by Gasteiger charge is 2.59. The summed E-state index contributed by atoms with van der Waals surface area (Å²) in [6.45, 7) is 6.49. The van der Waals surface area contributed by atoms with Crippen molar-refractivity contribution in [1.82, 2.24) is 0 Å². The Kier molecular flexibility index (Phi) is 5.93. The van der Waals surface area contributed by atoms with E-state index in [1.807, 2.05) is 0 Å². The van der Waals surface area contributed by atoms with Crippen LogP contribution in [0.2, 0.25) is 0 Å². The summed E-state index contributed by atoms with van der Waals surface area (Å²) in [5, 5.41) is 19.3. The fourth-order valence-electron chi connectivity index (χ4n) is 8.46. The molecule has 3 saturated carbocycles. The molecule has 32 heavy (non-hydrogen) atoms. The molecule has 0 amide bonds. The summed E-state index contributed by atoms with van der Waals surface area (Å²) in [4.78, 5) is 12.3. The number of Topliss-reactive ketones (excluding diaryl/α,β-unsaturated/α-hetero) is 1. The Morgan fingerprint density at radius 1 is 1.16 bits per heavy atom. The third-order valence-electron chi connectivity index (χ3n) is 10.2. The van der Waals surface area contributed by atoms with Crippen LogP contribution in [0, 0.1) is 34.5 Å². The Morgan fingerprint density at radius 2 is 1.97 bits per heavy atom. The molecule has 5 aliphatic rings. The van der Waals surface area contributed by atoms with Crippen LogP contribution in [0.3, 0.4) is 0 Å². The normalized spacial score (nSPS) is 50.2. The molecule has 1 aliphatic heterocycles. The highest BCUT2D eigenvalue weighted by Crippen LogP contribution is 2.66. The fraction of sp³-hybridized carbons (Fsp3) is 0.815. The fourth-order valence-corrected chi connectivity index (χ4v) is 8.46. The van der Waals surface area contributed by atoms with E-state index in [1.54, 1.807) is 24.6 Å². The molecular formula is C27H40O5. The predicted octanol–water partition coefficient (Wildman–Crippen LogP) is 4.17. The number of rotatable bonds is 4. The van der Waals surface area contributed by atoms with Gasteiger partial charge in [-0.15, -0.1) is 0 Å². The van der Waals surface area contributed by atoms with Crippen LogP contribution < -0.4 is 0 Å². The molecule has 2 N–H and O–H groups in total. The lowest BCUT2D eigenvalue weighted by Gasteiger charge is -2.58. The lowest BCUT2D eigenvalue weighted by Crippen LogP contribution is -2.51. The smallest absolute Gasteiger partial charge is 0.177 e. The molecule has 4 aliphatic carbocycles. The number of aliphatic hydroxyl groups excluding tert-OH is 2. The van der Waals surface area contributed by atoms with Crippen molar-refractivity contribution in [2.24, 2.45) is 34.5 Å². The molecule has 178 valence electrons. The minimum Gasteiger partial charge on any atom is -0.394 e. The van der Waals surface area contributed by atoms with Crippen molar-refractivity contribution < 1.29 is 24.5 Å². The van der Waals surface area contributed by atoms with Gasteiger partial charge in [-0.1, -0.05) is 31.6 Å². The van der Waals surface area contributed by atoms with Crippen LogP contribution in [0.1, 0.15) is 72.1 Å². The van der Waals surface area contributed by atoms with E-state index in [-0.39, 0.29) is 29.5 Å². The average Bonchev–Trinajstić information content (AvgIpc) is 3.13. The molecule has 5 heteroatoms. The number of allylic oxidation sites excluding steroid dienone is 1. The molecule has 4 unspecified atom stereocenters. The van der Waals surface area contributed by atoms with Crippen LogP contribution in [0.25, 0.3) is 0 Å². The quantitative estimate of drug-likeness (QED) is 0.637. The topological polar surface area (TPSA) is 76.0 Å². The number of carbonyl (C=O) groups is 1. The zero-order valence-electron chi connectivity index (χ0n) is 19.8. The van der Waals surface area contributed by atoms with Crippen molar-refractivity contribution in [2.45, 2.75) is 96.7 Å². The molecule has 3 fully saturated rings. The molecule has 10 atom stereocenters. The summed E-state index contributed by atoms with van der Waals surface area (Å²) in [5.41, 5.74) is 2.00. The first-order valence-electron chi connectivity index (χ1n) is 12.7. The Morgan fingerprint density at radius 3 is 2.72 bits per heavy atom. The highest BCUT2D eigenvalue weighted by molar-refractivity contribution is 5.79. The number of hydrogen-bond acceptors (Lipinski definition) is 5. The van der Waals surface area contributed by atoms with Crippen LogP contribution in [0.15, 0.2) is 23.8 Å². The molecular weight excluding hydrogens is 404 g/mol. The van der Waals surface area contributed by atoms with Crippen molar-refractivity contribution in [2.75, 3.05) is 6.61 Å². The minimum absolute atomic E-state index is 0.109. The predicted molar refractivity (Wildman–Crippen MR) is 122 cm³/mol. The van der Waals surface area contributed by atoms with Crippen molar-refractivity contribution >= 4 is 5.78 Å². The highest BCUT2D eigenvalue weighted by atomic mass is 16.7. The SMILES string of the molecule is CC(=O)[C@H]1CCC2C3CC=C4C[C@@H](OC5C=C[C@H](O)[C@@H](CO)O5)CC[C@]4(C)C3CC[C@@]21C. The number of hydrogen-bond donors (Lipinski definition) is 2. The maximum Gasteiger partial charge on any atom is 0.177 e. The first kappa shape index (κ1) is 22.8. The molecule has 0 saturated heterocycles. The van der Waals surface area contributed by atoms with Crippen LogP contribution >= 0.6 is 0 Å². The molecule has 0 spiro atoms. The van der Waals surface area contributed by atoms with E-state index in [2.05, 4.69) is 19.9 Å². The van der Waals surface area contributed by atoms with Crippen LogP contribution in [0.4, 0.5) is 0 Å². The van der Waals surface area contributed by atoms with Crippen molar-refractivity contribution in [3.63, 3.8) is 0 Å². The third-order valence-corrected chi connectivity index (χ3v) is 10.2. The summed E-state index contributed by atoms with van der Waals surface area (Å²) in [5.74, 6) is 2.77. The largest absolute Gasteiger partial charge is 0.394 e. The molecule has 5 nitrogen and oxygen atoms in total. The Bertz CT molecular complexity index is 804. The second-order valence-corrected chi connectivity index (χ2v) is 11.6.